The van der Waals surface area contributed by atoms with Crippen LogP contribution >= 0.6 is 0 Å². The van der Waals surface area contributed by atoms with Gasteiger partial charge in [0.05, 0.1) is 13.2 Å². The third kappa shape index (κ3) is 3.49. The summed E-state index contributed by atoms with van der Waals surface area (Å²) < 4.78 is 10.6. The van der Waals surface area contributed by atoms with Crippen LogP contribution in [0.5, 0.6) is 0 Å². The van der Waals surface area contributed by atoms with Crippen LogP contribution in [0.25, 0.3) is 0 Å². The maximum atomic E-state index is 12.2. The fraction of sp³-hybridized carbons (Fsp3) is 0.812. The SMILES string of the molecule is O=C(NCCOC1OC(CO)C(O)C(O)C1O)C1C[C@@H]2C=CC1C2. The highest BCUT2D eigenvalue weighted by Gasteiger charge is 2.44. The highest BCUT2D eigenvalue weighted by Crippen LogP contribution is 2.43. The first kappa shape index (κ1) is 17.8. The summed E-state index contributed by atoms with van der Waals surface area (Å²) in [5.41, 5.74) is 0. The number of rotatable bonds is 6. The fourth-order valence-electron chi connectivity index (χ4n) is 3.77. The molecule has 8 nitrogen and oxygen atoms in total. The largest absolute Gasteiger partial charge is 0.394 e. The zero-order valence-corrected chi connectivity index (χ0v) is 13.3. The average Bonchev–Trinajstić information content (AvgIpc) is 3.21. The van der Waals surface area contributed by atoms with E-state index < -0.39 is 37.3 Å². The number of amides is 1. The summed E-state index contributed by atoms with van der Waals surface area (Å²) in [7, 11) is 0. The van der Waals surface area contributed by atoms with Crippen LogP contribution in [0.4, 0.5) is 0 Å². The third-order valence-corrected chi connectivity index (χ3v) is 5.15. The summed E-state index contributed by atoms with van der Waals surface area (Å²) in [6, 6.07) is 0. The number of hydrogen-bond acceptors (Lipinski definition) is 7. The topological polar surface area (TPSA) is 128 Å². The second kappa shape index (κ2) is 7.47. The number of carbonyl (C=O) groups excluding carboxylic acids is 1. The van der Waals surface area contributed by atoms with E-state index in [0.717, 1.165) is 12.8 Å². The first-order chi connectivity index (χ1) is 11.5. The maximum absolute atomic E-state index is 12.2. The van der Waals surface area contributed by atoms with Crippen molar-refractivity contribution in [1.82, 2.24) is 5.32 Å². The number of aliphatic hydroxyl groups is 4. The van der Waals surface area contributed by atoms with Gasteiger partial charge in [0.2, 0.25) is 5.91 Å². The first-order valence-corrected chi connectivity index (χ1v) is 8.39. The van der Waals surface area contributed by atoms with Crippen molar-refractivity contribution in [2.45, 2.75) is 43.5 Å². The Labute approximate surface area is 140 Å². The van der Waals surface area contributed by atoms with E-state index in [-0.39, 0.29) is 25.0 Å². The lowest BCUT2D eigenvalue weighted by atomic mass is 9.93. The van der Waals surface area contributed by atoms with Crippen molar-refractivity contribution in [3.8, 4) is 0 Å². The van der Waals surface area contributed by atoms with Crippen LogP contribution < -0.4 is 5.32 Å². The van der Waals surface area contributed by atoms with Gasteiger partial charge in [-0.3, -0.25) is 4.79 Å². The van der Waals surface area contributed by atoms with Gasteiger partial charge in [-0.1, -0.05) is 12.2 Å². The fourth-order valence-corrected chi connectivity index (χ4v) is 3.77. The van der Waals surface area contributed by atoms with Gasteiger partial charge in [-0.05, 0) is 24.7 Å². The Kier molecular flexibility index (Phi) is 5.53. The number of carbonyl (C=O) groups is 1. The number of aliphatic hydroxyl groups excluding tert-OH is 4. The van der Waals surface area contributed by atoms with Crippen LogP contribution in [0.15, 0.2) is 12.2 Å². The third-order valence-electron chi connectivity index (χ3n) is 5.15. The van der Waals surface area contributed by atoms with E-state index in [1.54, 1.807) is 0 Å². The summed E-state index contributed by atoms with van der Waals surface area (Å²) in [4.78, 5) is 12.2. The normalized spacial score (nSPS) is 44.0. The molecule has 0 aromatic rings. The molecule has 1 heterocycles. The van der Waals surface area contributed by atoms with E-state index in [0.29, 0.717) is 11.8 Å². The van der Waals surface area contributed by atoms with Crippen molar-refractivity contribution >= 4 is 5.91 Å². The van der Waals surface area contributed by atoms with E-state index in [9.17, 15) is 20.1 Å². The van der Waals surface area contributed by atoms with Crippen molar-refractivity contribution < 1.29 is 34.7 Å². The van der Waals surface area contributed by atoms with Gasteiger partial charge >= 0.3 is 0 Å². The highest BCUT2D eigenvalue weighted by molar-refractivity contribution is 5.79. The summed E-state index contributed by atoms with van der Waals surface area (Å²) >= 11 is 0. The molecule has 8 heteroatoms. The van der Waals surface area contributed by atoms with E-state index in [1.165, 1.54) is 0 Å². The van der Waals surface area contributed by atoms with E-state index in [4.69, 9.17) is 14.6 Å². The Balaban J connectivity index is 1.40. The van der Waals surface area contributed by atoms with Crippen LogP contribution in [0.3, 0.4) is 0 Å². The lowest BCUT2D eigenvalue weighted by Crippen LogP contribution is -2.59. The predicted molar refractivity (Wildman–Crippen MR) is 81.6 cm³/mol. The van der Waals surface area contributed by atoms with Crippen LogP contribution in [-0.2, 0) is 14.3 Å². The van der Waals surface area contributed by atoms with Crippen molar-refractivity contribution in [2.24, 2.45) is 17.8 Å². The first-order valence-electron chi connectivity index (χ1n) is 8.39. The Morgan fingerprint density at radius 2 is 1.96 bits per heavy atom. The molecule has 1 aliphatic heterocycles. The molecular formula is C16H25NO7. The summed E-state index contributed by atoms with van der Waals surface area (Å²) in [6.07, 6.45) is -0.216. The second-order valence-electron chi connectivity index (χ2n) is 6.75. The Hall–Kier alpha value is -1.03. The zero-order valence-electron chi connectivity index (χ0n) is 13.3. The van der Waals surface area contributed by atoms with Crippen molar-refractivity contribution in [3.63, 3.8) is 0 Å². The van der Waals surface area contributed by atoms with Gasteiger partial charge in [-0.15, -0.1) is 0 Å². The molecule has 2 bridgehead atoms. The summed E-state index contributed by atoms with van der Waals surface area (Å²) in [6.45, 7) is -0.157. The lowest BCUT2D eigenvalue weighted by Gasteiger charge is -2.39. The predicted octanol–water partition coefficient (Wildman–Crippen LogP) is -1.87. The molecule has 24 heavy (non-hydrogen) atoms. The lowest BCUT2D eigenvalue weighted by molar-refractivity contribution is -0.300. The minimum Gasteiger partial charge on any atom is -0.394 e. The van der Waals surface area contributed by atoms with Gasteiger partial charge in [0.15, 0.2) is 6.29 Å². The molecule has 1 saturated carbocycles. The van der Waals surface area contributed by atoms with E-state index >= 15 is 0 Å². The van der Waals surface area contributed by atoms with Crippen LogP contribution in [0, 0.1) is 17.8 Å². The van der Waals surface area contributed by atoms with E-state index in [2.05, 4.69) is 17.5 Å². The highest BCUT2D eigenvalue weighted by atomic mass is 16.7. The molecule has 1 amide bonds. The molecule has 5 N–H and O–H groups in total. The number of hydrogen-bond donors (Lipinski definition) is 5. The molecular weight excluding hydrogens is 318 g/mol. The van der Waals surface area contributed by atoms with Crippen LogP contribution in [-0.4, -0.2) is 76.8 Å². The molecule has 0 aromatic carbocycles. The van der Waals surface area contributed by atoms with Crippen molar-refractivity contribution in [3.05, 3.63) is 12.2 Å². The monoisotopic (exact) mass is 343 g/mol. The van der Waals surface area contributed by atoms with E-state index in [1.807, 2.05) is 0 Å². The molecule has 2 aliphatic carbocycles. The van der Waals surface area contributed by atoms with Crippen LogP contribution in [0.1, 0.15) is 12.8 Å². The van der Waals surface area contributed by atoms with Gasteiger partial charge in [-0.2, -0.15) is 0 Å². The molecule has 1 saturated heterocycles. The standard InChI is InChI=1S/C16H25NO7/c18-7-11-12(19)13(20)14(21)16(24-11)23-4-3-17-15(22)10-6-8-1-2-9(10)5-8/h1-2,8-14,16,18-21H,3-7H2,(H,17,22)/t8-,9?,10?,11?,12?,13?,14?,16?/m1/s1. The molecule has 0 spiro atoms. The average molecular weight is 343 g/mol. The summed E-state index contributed by atoms with van der Waals surface area (Å²) in [5.74, 6) is 0.883. The van der Waals surface area contributed by atoms with Gasteiger partial charge in [0.25, 0.3) is 0 Å². The van der Waals surface area contributed by atoms with Gasteiger partial charge in [0, 0.05) is 12.5 Å². The molecule has 3 rings (SSSR count). The van der Waals surface area contributed by atoms with Gasteiger partial charge in [0.1, 0.15) is 24.4 Å². The molecule has 3 aliphatic rings. The molecule has 0 aromatic heterocycles. The minimum absolute atomic E-state index is 0.00394. The minimum atomic E-state index is -1.46. The molecule has 7 unspecified atom stereocenters. The smallest absolute Gasteiger partial charge is 0.223 e. The van der Waals surface area contributed by atoms with Crippen molar-refractivity contribution in [1.29, 1.82) is 0 Å². The van der Waals surface area contributed by atoms with Crippen LogP contribution in [0.2, 0.25) is 0 Å². The zero-order chi connectivity index (χ0) is 17.3. The number of ether oxygens (including phenoxy) is 2. The second-order valence-corrected chi connectivity index (χ2v) is 6.75. The number of allylic oxidation sites excluding steroid dienone is 2. The molecule has 0 radical (unpaired) electrons. The molecule has 8 atom stereocenters. The van der Waals surface area contributed by atoms with Gasteiger partial charge < -0.3 is 35.2 Å². The Morgan fingerprint density at radius 3 is 2.58 bits per heavy atom. The quantitative estimate of drug-likeness (QED) is 0.282. The summed E-state index contributed by atoms with van der Waals surface area (Å²) in [5, 5.41) is 41.1. The van der Waals surface area contributed by atoms with Crippen molar-refractivity contribution in [2.75, 3.05) is 19.8 Å². The molecule has 136 valence electrons. The maximum Gasteiger partial charge on any atom is 0.223 e. The Morgan fingerprint density at radius 1 is 1.17 bits per heavy atom. The Bertz CT molecular complexity index is 483. The number of nitrogens with one attached hydrogen (secondary N) is 1. The number of fused-ring (bicyclic) bond motifs is 2. The molecule has 2 fully saturated rings. The van der Waals surface area contributed by atoms with Gasteiger partial charge in [-0.25, -0.2) is 0 Å².